The molecule has 0 saturated carbocycles. The second-order valence-electron chi connectivity index (χ2n) is 6.53. The first kappa shape index (κ1) is 16.4. The van der Waals surface area contributed by atoms with Crippen LogP contribution in [0, 0.1) is 0 Å². The van der Waals surface area contributed by atoms with Gasteiger partial charge in [0.1, 0.15) is 0 Å². The van der Waals surface area contributed by atoms with Gasteiger partial charge in [-0.3, -0.25) is 9.69 Å². The molecular weight excluding hydrogens is 240 g/mol. The average Bonchev–Trinajstić information content (AvgIpc) is 2.52. The number of carboxylic acid groups (broad SMARTS) is 1. The van der Waals surface area contributed by atoms with Gasteiger partial charge in [0.05, 0.1) is 6.42 Å². The summed E-state index contributed by atoms with van der Waals surface area (Å²) in [4.78, 5) is 15.7. The molecule has 1 unspecified atom stereocenters. The maximum Gasteiger partial charge on any atom is 0.304 e. The third-order valence-corrected chi connectivity index (χ3v) is 4.11. The molecule has 1 fully saturated rings. The predicted molar refractivity (Wildman–Crippen MR) is 78.5 cm³/mol. The van der Waals surface area contributed by atoms with E-state index in [1.165, 1.54) is 19.4 Å². The first-order valence-corrected chi connectivity index (χ1v) is 7.55. The van der Waals surface area contributed by atoms with Gasteiger partial charge < -0.3 is 10.0 Å². The van der Waals surface area contributed by atoms with Gasteiger partial charge in [-0.25, -0.2) is 0 Å². The van der Waals surface area contributed by atoms with Crippen LogP contribution >= 0.6 is 0 Å². The first-order valence-electron chi connectivity index (χ1n) is 7.55. The van der Waals surface area contributed by atoms with Crippen LogP contribution in [-0.2, 0) is 4.79 Å². The van der Waals surface area contributed by atoms with Gasteiger partial charge in [0.15, 0.2) is 0 Å². The van der Waals surface area contributed by atoms with Crippen molar-refractivity contribution in [2.75, 3.05) is 26.2 Å². The van der Waals surface area contributed by atoms with Crippen molar-refractivity contribution in [3.8, 4) is 0 Å². The Labute approximate surface area is 117 Å². The van der Waals surface area contributed by atoms with Crippen molar-refractivity contribution in [1.82, 2.24) is 9.80 Å². The van der Waals surface area contributed by atoms with Crippen LogP contribution in [0.5, 0.6) is 0 Å². The SMILES string of the molecule is CCN1CCCC(N(CCC(=O)O)C(C)(C)C)CC1. The van der Waals surface area contributed by atoms with Gasteiger partial charge in [-0.1, -0.05) is 6.92 Å². The number of hydrogen-bond acceptors (Lipinski definition) is 3. The molecule has 1 aliphatic rings. The molecule has 112 valence electrons. The average molecular weight is 270 g/mol. The van der Waals surface area contributed by atoms with Crippen LogP contribution in [0.1, 0.15) is 53.4 Å². The number of likely N-dealkylation sites (tertiary alicyclic amines) is 1. The molecule has 0 radical (unpaired) electrons. The Balaban J connectivity index is 2.66. The van der Waals surface area contributed by atoms with Gasteiger partial charge in [0.2, 0.25) is 0 Å². The minimum Gasteiger partial charge on any atom is -0.481 e. The molecule has 19 heavy (non-hydrogen) atoms. The highest BCUT2D eigenvalue weighted by molar-refractivity contribution is 5.66. The molecule has 0 aromatic carbocycles. The minimum absolute atomic E-state index is 0.0432. The van der Waals surface area contributed by atoms with Crippen molar-refractivity contribution in [3.63, 3.8) is 0 Å². The van der Waals surface area contributed by atoms with Crippen molar-refractivity contribution in [2.45, 2.75) is 65.0 Å². The molecule has 1 heterocycles. The molecule has 1 atom stereocenters. The van der Waals surface area contributed by atoms with Gasteiger partial charge in [0.25, 0.3) is 0 Å². The molecule has 1 rings (SSSR count). The summed E-state index contributed by atoms with van der Waals surface area (Å²) in [5.74, 6) is -0.696. The number of hydrogen-bond donors (Lipinski definition) is 1. The topological polar surface area (TPSA) is 43.8 Å². The monoisotopic (exact) mass is 270 g/mol. The summed E-state index contributed by atoms with van der Waals surface area (Å²) in [5.41, 5.74) is 0.0432. The fraction of sp³-hybridized carbons (Fsp3) is 0.933. The molecule has 1 saturated heterocycles. The third kappa shape index (κ3) is 5.49. The van der Waals surface area contributed by atoms with E-state index in [-0.39, 0.29) is 12.0 Å². The Kier molecular flexibility index (Phi) is 6.27. The molecule has 0 amide bonds. The summed E-state index contributed by atoms with van der Waals surface area (Å²) in [6, 6.07) is 0.524. The Bertz CT molecular complexity index is 286. The summed E-state index contributed by atoms with van der Waals surface area (Å²) in [5, 5.41) is 8.93. The predicted octanol–water partition coefficient (Wildman–Crippen LogP) is 2.44. The maximum atomic E-state index is 10.8. The Morgan fingerprint density at radius 1 is 1.32 bits per heavy atom. The van der Waals surface area contributed by atoms with Gasteiger partial charge in [-0.15, -0.1) is 0 Å². The standard InChI is InChI=1S/C15H30N2O2/c1-5-16-10-6-7-13(8-11-16)17(15(2,3)4)12-9-14(18)19/h13H,5-12H2,1-4H3,(H,18,19). The van der Waals surface area contributed by atoms with Gasteiger partial charge in [-0.2, -0.15) is 0 Å². The van der Waals surface area contributed by atoms with E-state index in [9.17, 15) is 4.79 Å². The van der Waals surface area contributed by atoms with Crippen molar-refractivity contribution >= 4 is 5.97 Å². The summed E-state index contributed by atoms with van der Waals surface area (Å²) < 4.78 is 0. The van der Waals surface area contributed by atoms with Crippen LogP contribution in [0.4, 0.5) is 0 Å². The van der Waals surface area contributed by atoms with Crippen LogP contribution in [0.25, 0.3) is 0 Å². The molecule has 0 aromatic rings. The van der Waals surface area contributed by atoms with Gasteiger partial charge in [-0.05, 0) is 59.7 Å². The Morgan fingerprint density at radius 3 is 2.53 bits per heavy atom. The Morgan fingerprint density at radius 2 is 2.00 bits per heavy atom. The maximum absolute atomic E-state index is 10.8. The van der Waals surface area contributed by atoms with E-state index in [1.54, 1.807) is 0 Å². The van der Waals surface area contributed by atoms with E-state index >= 15 is 0 Å². The number of rotatable bonds is 5. The second-order valence-corrected chi connectivity index (χ2v) is 6.53. The number of nitrogens with zero attached hydrogens (tertiary/aromatic N) is 2. The van der Waals surface area contributed by atoms with Gasteiger partial charge >= 0.3 is 5.97 Å². The zero-order valence-corrected chi connectivity index (χ0v) is 13.0. The molecule has 1 aliphatic heterocycles. The lowest BCUT2D eigenvalue weighted by atomic mass is 9.98. The second kappa shape index (κ2) is 7.25. The van der Waals surface area contributed by atoms with Crippen molar-refractivity contribution in [2.24, 2.45) is 0 Å². The van der Waals surface area contributed by atoms with Crippen LogP contribution < -0.4 is 0 Å². The summed E-state index contributed by atoms with van der Waals surface area (Å²) >= 11 is 0. The fourth-order valence-electron chi connectivity index (χ4n) is 3.05. The molecule has 4 nitrogen and oxygen atoms in total. The summed E-state index contributed by atoms with van der Waals surface area (Å²) in [7, 11) is 0. The fourth-order valence-corrected chi connectivity index (χ4v) is 3.05. The lowest BCUT2D eigenvalue weighted by molar-refractivity contribution is -0.137. The van der Waals surface area contributed by atoms with E-state index in [2.05, 4.69) is 37.5 Å². The molecule has 0 aromatic heterocycles. The highest BCUT2D eigenvalue weighted by atomic mass is 16.4. The van der Waals surface area contributed by atoms with E-state index in [4.69, 9.17) is 5.11 Å². The van der Waals surface area contributed by atoms with Crippen LogP contribution in [-0.4, -0.2) is 58.6 Å². The normalized spacial score (nSPS) is 22.5. The quantitative estimate of drug-likeness (QED) is 0.833. The zero-order valence-electron chi connectivity index (χ0n) is 13.0. The molecule has 4 heteroatoms. The van der Waals surface area contributed by atoms with Crippen molar-refractivity contribution in [3.05, 3.63) is 0 Å². The van der Waals surface area contributed by atoms with Gasteiger partial charge in [0, 0.05) is 18.1 Å². The van der Waals surface area contributed by atoms with Crippen molar-refractivity contribution < 1.29 is 9.90 Å². The first-order chi connectivity index (χ1) is 8.84. The van der Waals surface area contributed by atoms with E-state index in [0.717, 1.165) is 19.5 Å². The number of carboxylic acids is 1. The highest BCUT2D eigenvalue weighted by Crippen LogP contribution is 2.24. The smallest absolute Gasteiger partial charge is 0.304 e. The largest absolute Gasteiger partial charge is 0.481 e. The number of carbonyl (C=O) groups is 1. The van der Waals surface area contributed by atoms with Crippen molar-refractivity contribution in [1.29, 1.82) is 0 Å². The van der Waals surface area contributed by atoms with E-state index < -0.39 is 5.97 Å². The lowest BCUT2D eigenvalue weighted by Crippen LogP contribution is -2.49. The minimum atomic E-state index is -0.696. The van der Waals surface area contributed by atoms with Crippen LogP contribution in [0.2, 0.25) is 0 Å². The molecular formula is C15H30N2O2. The Hall–Kier alpha value is -0.610. The summed E-state index contributed by atoms with van der Waals surface area (Å²) in [6.45, 7) is 12.9. The van der Waals surface area contributed by atoms with E-state index in [0.29, 0.717) is 12.6 Å². The van der Waals surface area contributed by atoms with Crippen LogP contribution in [0.3, 0.4) is 0 Å². The molecule has 0 aliphatic carbocycles. The molecule has 0 bridgehead atoms. The lowest BCUT2D eigenvalue weighted by Gasteiger charge is -2.41. The summed E-state index contributed by atoms with van der Waals surface area (Å²) in [6.07, 6.45) is 3.81. The number of aliphatic carboxylic acids is 1. The zero-order chi connectivity index (χ0) is 14.5. The molecule has 1 N–H and O–H groups in total. The highest BCUT2D eigenvalue weighted by Gasteiger charge is 2.30. The van der Waals surface area contributed by atoms with Crippen LogP contribution in [0.15, 0.2) is 0 Å². The molecule has 0 spiro atoms. The third-order valence-electron chi connectivity index (χ3n) is 4.11. The van der Waals surface area contributed by atoms with E-state index in [1.807, 2.05) is 0 Å².